The van der Waals surface area contributed by atoms with Gasteiger partial charge in [-0.05, 0) is 18.2 Å². The average Bonchev–Trinajstić information content (AvgIpc) is 2.33. The first-order chi connectivity index (χ1) is 8.60. The number of nitrogen functional groups attached to an aromatic ring is 1. The molecule has 1 aromatic rings. The molecule has 0 aliphatic rings. The minimum absolute atomic E-state index is 0.114. The van der Waals surface area contributed by atoms with Gasteiger partial charge in [0, 0.05) is 30.4 Å². The van der Waals surface area contributed by atoms with Crippen molar-refractivity contribution in [3.63, 3.8) is 0 Å². The van der Waals surface area contributed by atoms with Crippen LogP contribution in [0.25, 0.3) is 0 Å². The van der Waals surface area contributed by atoms with Crippen molar-refractivity contribution >= 4 is 27.5 Å². The zero-order valence-electron chi connectivity index (χ0n) is 10.4. The summed E-state index contributed by atoms with van der Waals surface area (Å²) in [4.78, 5) is 13.9. The Morgan fingerprint density at radius 2 is 2.33 bits per heavy atom. The number of methoxy groups -OCH3 is 1. The summed E-state index contributed by atoms with van der Waals surface area (Å²) >= 11 is 3.31. The van der Waals surface area contributed by atoms with Gasteiger partial charge < -0.3 is 15.4 Å². The van der Waals surface area contributed by atoms with E-state index in [1.165, 1.54) is 0 Å². The lowest BCUT2D eigenvalue weighted by atomic mass is 10.1. The normalized spacial score (nSPS) is 10.1. The largest absolute Gasteiger partial charge is 0.398 e. The molecular formula is C13H17BrN2O2. The van der Waals surface area contributed by atoms with Gasteiger partial charge in [-0.15, -0.1) is 6.58 Å². The topological polar surface area (TPSA) is 55.6 Å². The molecule has 0 aliphatic carbocycles. The highest BCUT2D eigenvalue weighted by Crippen LogP contribution is 2.20. The van der Waals surface area contributed by atoms with Gasteiger partial charge >= 0.3 is 0 Å². The molecule has 0 radical (unpaired) electrons. The van der Waals surface area contributed by atoms with Crippen LogP contribution in [0.4, 0.5) is 5.69 Å². The number of rotatable bonds is 6. The highest BCUT2D eigenvalue weighted by atomic mass is 79.9. The Morgan fingerprint density at radius 3 is 2.89 bits per heavy atom. The molecule has 1 amide bonds. The maximum atomic E-state index is 12.3. The number of ether oxygens (including phenoxy) is 1. The van der Waals surface area contributed by atoms with Crippen LogP contribution in [-0.4, -0.2) is 37.6 Å². The molecule has 18 heavy (non-hydrogen) atoms. The Morgan fingerprint density at radius 1 is 1.61 bits per heavy atom. The number of hydrogen-bond acceptors (Lipinski definition) is 3. The minimum atomic E-state index is -0.114. The molecule has 0 fully saturated rings. The van der Waals surface area contributed by atoms with E-state index in [2.05, 4.69) is 22.5 Å². The van der Waals surface area contributed by atoms with Crippen molar-refractivity contribution in [3.8, 4) is 0 Å². The molecule has 5 heteroatoms. The molecular weight excluding hydrogens is 296 g/mol. The summed E-state index contributed by atoms with van der Waals surface area (Å²) in [5.41, 5.74) is 6.81. The quantitative estimate of drug-likeness (QED) is 0.648. The zero-order chi connectivity index (χ0) is 13.5. The van der Waals surface area contributed by atoms with E-state index in [0.717, 1.165) is 4.47 Å². The van der Waals surface area contributed by atoms with Gasteiger partial charge in [0.1, 0.15) is 0 Å². The standard InChI is InChI=1S/C13H17BrN2O2/c1-3-6-16(7-8-18-2)13(17)11-5-4-10(14)9-12(11)15/h3-5,9H,1,6-8,15H2,2H3. The van der Waals surface area contributed by atoms with Crippen molar-refractivity contribution < 1.29 is 9.53 Å². The van der Waals surface area contributed by atoms with E-state index in [1.807, 2.05) is 0 Å². The summed E-state index contributed by atoms with van der Waals surface area (Å²) in [6.07, 6.45) is 1.68. The van der Waals surface area contributed by atoms with Crippen molar-refractivity contribution in [3.05, 3.63) is 40.9 Å². The average molecular weight is 313 g/mol. The van der Waals surface area contributed by atoms with Gasteiger partial charge in [-0.2, -0.15) is 0 Å². The fourth-order valence-electron chi connectivity index (χ4n) is 1.53. The summed E-state index contributed by atoms with van der Waals surface area (Å²) in [5.74, 6) is -0.114. The van der Waals surface area contributed by atoms with Crippen LogP contribution in [0.3, 0.4) is 0 Å². The van der Waals surface area contributed by atoms with Crippen molar-refractivity contribution in [2.75, 3.05) is 32.5 Å². The van der Waals surface area contributed by atoms with Crippen LogP contribution >= 0.6 is 15.9 Å². The Kier molecular flexibility index (Phi) is 5.88. The molecule has 0 aliphatic heterocycles. The molecule has 2 N–H and O–H groups in total. The number of hydrogen-bond donors (Lipinski definition) is 1. The molecule has 1 rings (SSSR count). The number of nitrogens with two attached hydrogens (primary N) is 1. The highest BCUT2D eigenvalue weighted by molar-refractivity contribution is 9.10. The molecule has 0 saturated carbocycles. The van der Waals surface area contributed by atoms with Gasteiger partial charge in [-0.3, -0.25) is 4.79 Å². The second kappa shape index (κ2) is 7.18. The number of benzene rings is 1. The fraction of sp³-hybridized carbons (Fsp3) is 0.308. The molecule has 4 nitrogen and oxygen atoms in total. The van der Waals surface area contributed by atoms with Gasteiger partial charge in [-0.25, -0.2) is 0 Å². The molecule has 0 aromatic heterocycles. The third-order valence-corrected chi connectivity index (χ3v) is 2.94. The van der Waals surface area contributed by atoms with Crippen LogP contribution in [0.1, 0.15) is 10.4 Å². The van der Waals surface area contributed by atoms with E-state index in [-0.39, 0.29) is 5.91 Å². The minimum Gasteiger partial charge on any atom is -0.398 e. The number of amides is 1. The maximum Gasteiger partial charge on any atom is 0.256 e. The Labute approximate surface area is 116 Å². The van der Waals surface area contributed by atoms with E-state index < -0.39 is 0 Å². The van der Waals surface area contributed by atoms with Crippen LogP contribution < -0.4 is 5.73 Å². The second-order valence-electron chi connectivity index (χ2n) is 3.76. The zero-order valence-corrected chi connectivity index (χ0v) is 11.9. The van der Waals surface area contributed by atoms with E-state index in [4.69, 9.17) is 10.5 Å². The molecule has 0 bridgehead atoms. The van der Waals surface area contributed by atoms with E-state index in [9.17, 15) is 4.79 Å². The first-order valence-electron chi connectivity index (χ1n) is 5.54. The number of halogens is 1. The SMILES string of the molecule is C=CCN(CCOC)C(=O)c1ccc(Br)cc1N. The molecule has 0 unspecified atom stereocenters. The van der Waals surface area contributed by atoms with E-state index >= 15 is 0 Å². The molecule has 98 valence electrons. The van der Waals surface area contributed by atoms with Gasteiger partial charge in [0.05, 0.1) is 12.2 Å². The first kappa shape index (κ1) is 14.7. The summed E-state index contributed by atoms with van der Waals surface area (Å²) in [6.45, 7) is 5.11. The second-order valence-corrected chi connectivity index (χ2v) is 4.68. The van der Waals surface area contributed by atoms with Crippen molar-refractivity contribution in [2.45, 2.75) is 0 Å². The fourth-order valence-corrected chi connectivity index (χ4v) is 1.91. The molecule has 1 aromatic carbocycles. The van der Waals surface area contributed by atoms with Crippen LogP contribution in [0.5, 0.6) is 0 Å². The number of carbonyl (C=O) groups excluding carboxylic acids is 1. The predicted molar refractivity (Wildman–Crippen MR) is 76.5 cm³/mol. The van der Waals surface area contributed by atoms with Crippen LogP contribution in [-0.2, 0) is 4.74 Å². The summed E-state index contributed by atoms with van der Waals surface area (Å²) < 4.78 is 5.84. The third kappa shape index (κ3) is 3.85. The van der Waals surface area contributed by atoms with Gasteiger partial charge in [-0.1, -0.05) is 22.0 Å². The van der Waals surface area contributed by atoms with Crippen molar-refractivity contribution in [1.82, 2.24) is 4.90 Å². The Bertz CT molecular complexity index is 435. The number of anilines is 1. The van der Waals surface area contributed by atoms with Gasteiger partial charge in [0.25, 0.3) is 5.91 Å². The molecule has 0 atom stereocenters. The number of carbonyl (C=O) groups is 1. The third-order valence-electron chi connectivity index (χ3n) is 2.45. The molecule has 0 saturated heterocycles. The maximum absolute atomic E-state index is 12.3. The van der Waals surface area contributed by atoms with Crippen LogP contribution in [0, 0.1) is 0 Å². The lowest BCUT2D eigenvalue weighted by Gasteiger charge is -2.21. The molecule has 0 heterocycles. The van der Waals surface area contributed by atoms with Gasteiger partial charge in [0.15, 0.2) is 0 Å². The lowest BCUT2D eigenvalue weighted by molar-refractivity contribution is 0.0719. The Balaban J connectivity index is 2.90. The predicted octanol–water partition coefficient (Wildman–Crippen LogP) is 2.31. The van der Waals surface area contributed by atoms with Crippen LogP contribution in [0.15, 0.2) is 35.3 Å². The van der Waals surface area contributed by atoms with E-state index in [1.54, 1.807) is 36.3 Å². The van der Waals surface area contributed by atoms with E-state index in [0.29, 0.717) is 30.9 Å². The highest BCUT2D eigenvalue weighted by Gasteiger charge is 2.16. The van der Waals surface area contributed by atoms with Crippen LogP contribution in [0.2, 0.25) is 0 Å². The summed E-state index contributed by atoms with van der Waals surface area (Å²) in [5, 5.41) is 0. The smallest absolute Gasteiger partial charge is 0.256 e. The van der Waals surface area contributed by atoms with Crippen molar-refractivity contribution in [2.24, 2.45) is 0 Å². The number of nitrogens with zero attached hydrogens (tertiary/aromatic N) is 1. The Hall–Kier alpha value is -1.33. The summed E-state index contributed by atoms with van der Waals surface area (Å²) in [6, 6.07) is 5.23. The summed E-state index contributed by atoms with van der Waals surface area (Å²) in [7, 11) is 1.60. The monoisotopic (exact) mass is 312 g/mol. The first-order valence-corrected chi connectivity index (χ1v) is 6.33. The van der Waals surface area contributed by atoms with Crippen molar-refractivity contribution in [1.29, 1.82) is 0 Å². The lowest BCUT2D eigenvalue weighted by Crippen LogP contribution is -2.34. The van der Waals surface area contributed by atoms with Gasteiger partial charge in [0.2, 0.25) is 0 Å². The molecule has 0 spiro atoms.